The molecule has 0 atom stereocenters. The summed E-state index contributed by atoms with van der Waals surface area (Å²) in [5.74, 6) is 0.453. The average Bonchev–Trinajstić information content (AvgIpc) is 2.90. The molecule has 94 valence electrons. The summed E-state index contributed by atoms with van der Waals surface area (Å²) in [6.45, 7) is 0. The summed E-state index contributed by atoms with van der Waals surface area (Å²) in [7, 11) is 1.37. The van der Waals surface area contributed by atoms with Gasteiger partial charge in [0.2, 0.25) is 0 Å². The molecule has 0 saturated heterocycles. The van der Waals surface area contributed by atoms with Gasteiger partial charge in [-0.2, -0.15) is 0 Å². The zero-order chi connectivity index (χ0) is 13.2. The summed E-state index contributed by atoms with van der Waals surface area (Å²) in [5, 5.41) is 1.06. The van der Waals surface area contributed by atoms with Crippen LogP contribution in [0, 0.1) is 0 Å². The zero-order valence-corrected chi connectivity index (χ0v) is 10.4. The Morgan fingerprint density at radius 1 is 1.05 bits per heavy atom. The summed E-state index contributed by atoms with van der Waals surface area (Å²) >= 11 is 0. The maximum Gasteiger partial charge on any atom is 0.337 e. The number of hydrogen-bond donors (Lipinski definition) is 0. The molecule has 0 amide bonds. The molecule has 0 unspecified atom stereocenters. The number of fused-ring (bicyclic) bond motifs is 1. The van der Waals surface area contributed by atoms with Crippen molar-refractivity contribution < 1.29 is 13.9 Å². The molecule has 0 N–H and O–H groups in total. The maximum atomic E-state index is 11.4. The Hall–Kier alpha value is -2.55. The number of rotatable bonds is 2. The van der Waals surface area contributed by atoms with Gasteiger partial charge in [0, 0.05) is 10.9 Å². The summed E-state index contributed by atoms with van der Waals surface area (Å²) in [5.41, 5.74) is 2.32. The lowest BCUT2D eigenvalue weighted by Gasteiger charge is -2.00. The minimum absolute atomic E-state index is 0.337. The lowest BCUT2D eigenvalue weighted by molar-refractivity contribution is 0.0601. The Labute approximate surface area is 110 Å². The first-order valence-electron chi connectivity index (χ1n) is 5.95. The van der Waals surface area contributed by atoms with Crippen LogP contribution in [0.15, 0.2) is 59.0 Å². The van der Waals surface area contributed by atoms with Crippen molar-refractivity contribution in [3.05, 3.63) is 60.2 Å². The molecule has 0 radical (unpaired) electrons. The number of ether oxygens (including phenoxy) is 1. The molecule has 3 nitrogen and oxygen atoms in total. The number of esters is 1. The van der Waals surface area contributed by atoms with E-state index in [1.807, 2.05) is 42.5 Å². The second-order valence-electron chi connectivity index (χ2n) is 4.22. The standard InChI is InChI=1S/C16H12O3/c1-18-16(17)12-8-6-11(7-9-12)15-10-13-4-2-3-5-14(13)19-15/h2-10H,1H3. The van der Waals surface area contributed by atoms with Gasteiger partial charge in [0.15, 0.2) is 0 Å². The monoisotopic (exact) mass is 252 g/mol. The van der Waals surface area contributed by atoms with E-state index >= 15 is 0 Å². The highest BCUT2D eigenvalue weighted by atomic mass is 16.5. The molecular weight excluding hydrogens is 240 g/mol. The smallest absolute Gasteiger partial charge is 0.337 e. The Morgan fingerprint density at radius 3 is 2.47 bits per heavy atom. The lowest BCUT2D eigenvalue weighted by atomic mass is 10.1. The third kappa shape index (κ3) is 2.10. The number of benzene rings is 2. The van der Waals surface area contributed by atoms with Crippen LogP contribution in [-0.4, -0.2) is 13.1 Å². The number of hydrogen-bond acceptors (Lipinski definition) is 3. The largest absolute Gasteiger partial charge is 0.465 e. The van der Waals surface area contributed by atoms with Gasteiger partial charge >= 0.3 is 5.97 Å². The first-order chi connectivity index (χ1) is 9.28. The van der Waals surface area contributed by atoms with Crippen molar-refractivity contribution in [3.63, 3.8) is 0 Å². The first-order valence-corrected chi connectivity index (χ1v) is 5.95. The Bertz CT molecular complexity index is 690. The summed E-state index contributed by atoms with van der Waals surface area (Å²) in [6.07, 6.45) is 0. The van der Waals surface area contributed by atoms with Gasteiger partial charge in [-0.1, -0.05) is 30.3 Å². The van der Waals surface area contributed by atoms with Crippen molar-refractivity contribution in [2.24, 2.45) is 0 Å². The predicted molar refractivity (Wildman–Crippen MR) is 73.0 cm³/mol. The minimum Gasteiger partial charge on any atom is -0.465 e. The molecule has 3 heteroatoms. The molecule has 0 bridgehead atoms. The molecular formula is C16H12O3. The van der Waals surface area contributed by atoms with Crippen LogP contribution in [0.25, 0.3) is 22.3 Å². The molecule has 0 aliphatic carbocycles. The number of carbonyl (C=O) groups excluding carboxylic acids is 1. The molecule has 0 spiro atoms. The van der Waals surface area contributed by atoms with Gasteiger partial charge in [0.05, 0.1) is 12.7 Å². The fourth-order valence-electron chi connectivity index (χ4n) is 2.01. The second kappa shape index (κ2) is 4.61. The van der Waals surface area contributed by atoms with E-state index in [9.17, 15) is 4.79 Å². The van der Waals surface area contributed by atoms with Crippen LogP contribution in [0.3, 0.4) is 0 Å². The van der Waals surface area contributed by atoms with E-state index in [0.29, 0.717) is 5.56 Å². The van der Waals surface area contributed by atoms with E-state index in [2.05, 4.69) is 4.74 Å². The lowest BCUT2D eigenvalue weighted by Crippen LogP contribution is -2.00. The highest BCUT2D eigenvalue weighted by Gasteiger charge is 2.08. The zero-order valence-electron chi connectivity index (χ0n) is 10.4. The number of para-hydroxylation sites is 1. The SMILES string of the molecule is COC(=O)c1ccc(-c2cc3ccccc3o2)cc1. The molecule has 2 aromatic carbocycles. The number of methoxy groups -OCH3 is 1. The molecule has 0 saturated carbocycles. The molecule has 1 heterocycles. The Kier molecular flexibility index (Phi) is 2.80. The van der Waals surface area contributed by atoms with Crippen LogP contribution in [0.5, 0.6) is 0 Å². The highest BCUT2D eigenvalue weighted by Crippen LogP contribution is 2.27. The Morgan fingerprint density at radius 2 is 1.79 bits per heavy atom. The van der Waals surface area contributed by atoms with Crippen LogP contribution in [0.4, 0.5) is 0 Å². The number of furan rings is 1. The molecule has 0 aliphatic rings. The van der Waals surface area contributed by atoms with E-state index < -0.39 is 0 Å². The van der Waals surface area contributed by atoms with Gasteiger partial charge in [-0.05, 0) is 24.3 Å². The highest BCUT2D eigenvalue weighted by molar-refractivity contribution is 5.90. The Balaban J connectivity index is 1.99. The predicted octanol–water partition coefficient (Wildman–Crippen LogP) is 3.89. The summed E-state index contributed by atoms with van der Waals surface area (Å²) in [6, 6.07) is 17.0. The van der Waals surface area contributed by atoms with Crippen LogP contribution in [-0.2, 0) is 4.74 Å². The third-order valence-electron chi connectivity index (χ3n) is 3.02. The van der Waals surface area contributed by atoms with Gasteiger partial charge in [-0.15, -0.1) is 0 Å². The summed E-state index contributed by atoms with van der Waals surface area (Å²) < 4.78 is 10.4. The van der Waals surface area contributed by atoms with Gasteiger partial charge in [0.1, 0.15) is 11.3 Å². The quantitative estimate of drug-likeness (QED) is 0.649. The average molecular weight is 252 g/mol. The number of carbonyl (C=O) groups is 1. The van der Waals surface area contributed by atoms with Gasteiger partial charge < -0.3 is 9.15 Å². The van der Waals surface area contributed by atoms with Gasteiger partial charge in [-0.25, -0.2) is 4.79 Å². The summed E-state index contributed by atoms with van der Waals surface area (Å²) in [4.78, 5) is 11.4. The fourth-order valence-corrected chi connectivity index (χ4v) is 2.01. The fraction of sp³-hybridized carbons (Fsp3) is 0.0625. The van der Waals surface area contributed by atoms with Crippen molar-refractivity contribution in [1.29, 1.82) is 0 Å². The second-order valence-corrected chi connectivity index (χ2v) is 4.22. The molecule has 19 heavy (non-hydrogen) atoms. The van der Waals surface area contributed by atoms with E-state index in [1.54, 1.807) is 12.1 Å². The van der Waals surface area contributed by atoms with Gasteiger partial charge in [-0.3, -0.25) is 0 Å². The molecule has 3 aromatic rings. The minimum atomic E-state index is -0.337. The first kappa shape index (κ1) is 11.5. The van der Waals surface area contributed by atoms with Crippen molar-refractivity contribution in [3.8, 4) is 11.3 Å². The molecule has 0 fully saturated rings. The van der Waals surface area contributed by atoms with Crippen molar-refractivity contribution in [2.75, 3.05) is 7.11 Å². The third-order valence-corrected chi connectivity index (χ3v) is 3.02. The topological polar surface area (TPSA) is 39.4 Å². The van der Waals surface area contributed by atoms with E-state index in [1.165, 1.54) is 7.11 Å². The molecule has 1 aromatic heterocycles. The van der Waals surface area contributed by atoms with Crippen LogP contribution < -0.4 is 0 Å². The van der Waals surface area contributed by atoms with Crippen molar-refractivity contribution in [1.82, 2.24) is 0 Å². The van der Waals surface area contributed by atoms with Crippen LogP contribution in [0.2, 0.25) is 0 Å². The van der Waals surface area contributed by atoms with Gasteiger partial charge in [0.25, 0.3) is 0 Å². The van der Waals surface area contributed by atoms with Crippen LogP contribution >= 0.6 is 0 Å². The normalized spacial score (nSPS) is 10.6. The van der Waals surface area contributed by atoms with E-state index in [-0.39, 0.29) is 5.97 Å². The van der Waals surface area contributed by atoms with Crippen molar-refractivity contribution in [2.45, 2.75) is 0 Å². The van der Waals surface area contributed by atoms with E-state index in [4.69, 9.17) is 4.42 Å². The van der Waals surface area contributed by atoms with E-state index in [0.717, 1.165) is 22.3 Å². The maximum absolute atomic E-state index is 11.4. The molecule has 3 rings (SSSR count). The molecule has 0 aliphatic heterocycles. The van der Waals surface area contributed by atoms with Crippen molar-refractivity contribution >= 4 is 16.9 Å². The van der Waals surface area contributed by atoms with Crippen LogP contribution in [0.1, 0.15) is 10.4 Å².